The summed E-state index contributed by atoms with van der Waals surface area (Å²) in [5, 5.41) is 6.32. The summed E-state index contributed by atoms with van der Waals surface area (Å²) in [6.45, 7) is 4.14. The van der Waals surface area contributed by atoms with E-state index in [0.717, 1.165) is 5.56 Å². The number of aryl methyl sites for hydroxylation is 1. The first-order chi connectivity index (χ1) is 14.5. The number of thiophene rings is 1. The normalized spacial score (nSPS) is 17.3. The van der Waals surface area contributed by atoms with Gasteiger partial charge < -0.3 is 9.80 Å². The topological polar surface area (TPSA) is 58.4 Å². The summed E-state index contributed by atoms with van der Waals surface area (Å²) in [6, 6.07) is 14.3. The molecule has 0 N–H and O–H groups in total. The molecule has 4 rings (SSSR count). The van der Waals surface area contributed by atoms with E-state index in [1.165, 1.54) is 10.4 Å². The first kappa shape index (κ1) is 20.3. The van der Waals surface area contributed by atoms with Gasteiger partial charge in [-0.15, -0.1) is 11.3 Å². The minimum Gasteiger partial charge on any atom is -0.341 e. The Morgan fingerprint density at radius 2 is 1.97 bits per heavy atom. The Kier molecular flexibility index (Phi) is 5.99. The maximum Gasteiger partial charge on any atom is 0.274 e. The Hall–Kier alpha value is -2.93. The fourth-order valence-electron chi connectivity index (χ4n) is 3.92. The van der Waals surface area contributed by atoms with Crippen LogP contribution in [-0.2, 0) is 18.3 Å². The Labute approximate surface area is 180 Å². The number of likely N-dealkylation sites (N-methyl/N-ethyl adjacent to an activating group) is 1. The van der Waals surface area contributed by atoms with Crippen molar-refractivity contribution >= 4 is 23.2 Å². The van der Waals surface area contributed by atoms with E-state index in [-0.39, 0.29) is 17.7 Å². The molecular weight excluding hydrogens is 396 g/mol. The molecule has 7 heteroatoms. The second-order valence-corrected chi connectivity index (χ2v) is 8.57. The predicted octanol–water partition coefficient (Wildman–Crippen LogP) is 3.31. The molecule has 1 aromatic carbocycles. The van der Waals surface area contributed by atoms with Crippen molar-refractivity contribution in [1.82, 2.24) is 19.6 Å². The number of nitrogens with zero attached hydrogens (tertiary/aromatic N) is 4. The lowest BCUT2D eigenvalue weighted by molar-refractivity contribution is -0.134. The second-order valence-electron chi connectivity index (χ2n) is 7.62. The van der Waals surface area contributed by atoms with Gasteiger partial charge in [0.05, 0.1) is 5.92 Å². The Balaban J connectivity index is 1.53. The molecule has 6 nitrogen and oxygen atoms in total. The molecular formula is C23H26N4O2S. The number of hydrogen-bond acceptors (Lipinski definition) is 4. The van der Waals surface area contributed by atoms with Crippen molar-refractivity contribution in [2.45, 2.75) is 13.3 Å². The molecule has 1 aliphatic heterocycles. The molecule has 1 atom stereocenters. The summed E-state index contributed by atoms with van der Waals surface area (Å²) in [5.74, 6) is -0.247. The van der Waals surface area contributed by atoms with E-state index < -0.39 is 0 Å². The lowest BCUT2D eigenvalue weighted by Gasteiger charge is -2.23. The van der Waals surface area contributed by atoms with Gasteiger partial charge in [-0.25, -0.2) is 0 Å². The number of carbonyl (C=O) groups is 2. The third kappa shape index (κ3) is 4.31. The van der Waals surface area contributed by atoms with Crippen LogP contribution >= 0.6 is 11.3 Å². The van der Waals surface area contributed by atoms with E-state index in [1.54, 1.807) is 40.2 Å². The Morgan fingerprint density at radius 3 is 2.60 bits per heavy atom. The van der Waals surface area contributed by atoms with Gasteiger partial charge in [-0.3, -0.25) is 14.3 Å². The Bertz CT molecular complexity index is 1010. The van der Waals surface area contributed by atoms with E-state index >= 15 is 0 Å². The van der Waals surface area contributed by atoms with Gasteiger partial charge in [-0.2, -0.15) is 5.10 Å². The van der Waals surface area contributed by atoms with Crippen LogP contribution in [0, 0.1) is 5.92 Å². The van der Waals surface area contributed by atoms with Crippen molar-refractivity contribution in [3.8, 4) is 10.4 Å². The quantitative estimate of drug-likeness (QED) is 0.634. The van der Waals surface area contributed by atoms with Gasteiger partial charge in [-0.05, 0) is 42.0 Å². The molecule has 1 saturated heterocycles. The van der Waals surface area contributed by atoms with Crippen LogP contribution in [0.3, 0.4) is 0 Å². The zero-order chi connectivity index (χ0) is 21.1. The predicted molar refractivity (Wildman–Crippen MR) is 118 cm³/mol. The molecule has 0 aliphatic carbocycles. The molecule has 1 unspecified atom stereocenters. The summed E-state index contributed by atoms with van der Waals surface area (Å²) in [4.78, 5) is 30.9. The highest BCUT2D eigenvalue weighted by Crippen LogP contribution is 2.26. The summed E-state index contributed by atoms with van der Waals surface area (Å²) in [5.41, 5.74) is 2.72. The average molecular weight is 423 g/mol. The summed E-state index contributed by atoms with van der Waals surface area (Å²) in [6.07, 6.45) is 2.38. The van der Waals surface area contributed by atoms with Gasteiger partial charge in [0.15, 0.2) is 0 Å². The van der Waals surface area contributed by atoms with Crippen LogP contribution in [0.2, 0.25) is 0 Å². The van der Waals surface area contributed by atoms with Gasteiger partial charge in [0.2, 0.25) is 5.91 Å². The Morgan fingerprint density at radius 1 is 1.17 bits per heavy atom. The summed E-state index contributed by atoms with van der Waals surface area (Å²) >= 11 is 1.71. The van der Waals surface area contributed by atoms with Crippen LogP contribution in [0.4, 0.5) is 0 Å². The van der Waals surface area contributed by atoms with Crippen molar-refractivity contribution in [2.75, 3.05) is 26.2 Å². The van der Waals surface area contributed by atoms with Crippen LogP contribution in [-0.4, -0.2) is 57.6 Å². The standard InChI is InChI=1S/C23H26N4O2S/c1-3-26-12-13-27(23(29)20-10-11-25(2)24-20)16-19(22(26)28)15-17-6-8-18(9-7-17)21-5-4-14-30-21/h4-11,14,19H,3,12-13,15-16H2,1-2H3. The molecule has 2 amide bonds. The first-order valence-electron chi connectivity index (χ1n) is 10.3. The van der Waals surface area contributed by atoms with Crippen molar-refractivity contribution in [3.05, 3.63) is 65.3 Å². The molecule has 0 spiro atoms. The monoisotopic (exact) mass is 422 g/mol. The maximum absolute atomic E-state index is 13.1. The SMILES string of the molecule is CCN1CCN(C(=O)c2ccn(C)n2)CC(Cc2ccc(-c3cccs3)cc2)C1=O. The number of hydrogen-bond donors (Lipinski definition) is 0. The van der Waals surface area contributed by atoms with Crippen LogP contribution in [0.25, 0.3) is 10.4 Å². The number of rotatable bonds is 5. The second kappa shape index (κ2) is 8.83. The molecule has 2 aromatic heterocycles. The van der Waals surface area contributed by atoms with Gasteiger partial charge in [-0.1, -0.05) is 30.3 Å². The minimum absolute atomic E-state index is 0.112. The highest BCUT2D eigenvalue weighted by molar-refractivity contribution is 7.13. The van der Waals surface area contributed by atoms with Gasteiger partial charge in [0.1, 0.15) is 5.69 Å². The molecule has 0 saturated carbocycles. The van der Waals surface area contributed by atoms with Crippen LogP contribution in [0.15, 0.2) is 54.0 Å². The molecule has 30 heavy (non-hydrogen) atoms. The zero-order valence-electron chi connectivity index (χ0n) is 17.3. The zero-order valence-corrected chi connectivity index (χ0v) is 18.1. The highest BCUT2D eigenvalue weighted by Gasteiger charge is 2.32. The molecule has 1 fully saturated rings. The first-order valence-corrected chi connectivity index (χ1v) is 11.1. The summed E-state index contributed by atoms with van der Waals surface area (Å²) < 4.78 is 1.63. The minimum atomic E-state index is -0.257. The van der Waals surface area contributed by atoms with Crippen LogP contribution in [0.5, 0.6) is 0 Å². The molecule has 3 aromatic rings. The number of benzene rings is 1. The number of carbonyl (C=O) groups excluding carboxylic acids is 2. The molecule has 0 radical (unpaired) electrons. The number of aromatic nitrogens is 2. The largest absolute Gasteiger partial charge is 0.341 e. The van der Waals surface area contributed by atoms with Crippen molar-refractivity contribution in [2.24, 2.45) is 13.0 Å². The van der Waals surface area contributed by atoms with Crippen molar-refractivity contribution in [3.63, 3.8) is 0 Å². The van der Waals surface area contributed by atoms with E-state index in [1.807, 2.05) is 17.9 Å². The number of amides is 2. The van der Waals surface area contributed by atoms with Crippen molar-refractivity contribution < 1.29 is 9.59 Å². The molecule has 1 aliphatic rings. The highest BCUT2D eigenvalue weighted by atomic mass is 32.1. The fraction of sp³-hybridized carbons (Fsp3) is 0.348. The van der Waals surface area contributed by atoms with Gasteiger partial charge in [0, 0.05) is 44.3 Å². The van der Waals surface area contributed by atoms with E-state index in [9.17, 15) is 9.59 Å². The fourth-order valence-corrected chi connectivity index (χ4v) is 4.65. The van der Waals surface area contributed by atoms with E-state index in [2.05, 4.69) is 40.8 Å². The maximum atomic E-state index is 13.1. The molecule has 0 bridgehead atoms. The third-order valence-corrected chi connectivity index (χ3v) is 6.50. The lowest BCUT2D eigenvalue weighted by atomic mass is 9.96. The molecule has 156 valence electrons. The van der Waals surface area contributed by atoms with Gasteiger partial charge in [0.25, 0.3) is 5.91 Å². The van der Waals surface area contributed by atoms with Crippen molar-refractivity contribution in [1.29, 1.82) is 0 Å². The van der Waals surface area contributed by atoms with Crippen LogP contribution in [0.1, 0.15) is 23.0 Å². The van der Waals surface area contributed by atoms with Gasteiger partial charge >= 0.3 is 0 Å². The van der Waals surface area contributed by atoms with E-state index in [0.29, 0.717) is 38.3 Å². The third-order valence-electron chi connectivity index (χ3n) is 5.58. The molecule has 3 heterocycles. The van der Waals surface area contributed by atoms with Crippen LogP contribution < -0.4 is 0 Å². The van der Waals surface area contributed by atoms with E-state index in [4.69, 9.17) is 0 Å². The smallest absolute Gasteiger partial charge is 0.274 e. The lowest BCUT2D eigenvalue weighted by Crippen LogP contribution is -2.38. The summed E-state index contributed by atoms with van der Waals surface area (Å²) in [7, 11) is 1.80. The average Bonchev–Trinajstić information content (AvgIpc) is 3.41.